The molecule has 264 valence electrons. The number of nitrogens with zero attached hydrogens (tertiary/aromatic N) is 1. The van der Waals surface area contributed by atoms with Crippen molar-refractivity contribution in [3.63, 3.8) is 0 Å². The second-order valence-corrected chi connectivity index (χ2v) is 15.1. The Morgan fingerprint density at radius 1 is 0.286 bits per heavy atom. The third-order valence-corrected chi connectivity index (χ3v) is 11.9. The van der Waals surface area contributed by atoms with Crippen LogP contribution < -0.4 is 4.90 Å². The van der Waals surface area contributed by atoms with Crippen molar-refractivity contribution in [3.8, 4) is 55.6 Å². The maximum Gasteiger partial charge on any atom is 0.0547 e. The summed E-state index contributed by atoms with van der Waals surface area (Å²) in [5.74, 6) is 0. The van der Waals surface area contributed by atoms with Crippen molar-refractivity contribution < 1.29 is 0 Å². The molecule has 0 fully saturated rings. The van der Waals surface area contributed by atoms with Crippen molar-refractivity contribution in [2.75, 3.05) is 4.90 Å². The summed E-state index contributed by atoms with van der Waals surface area (Å²) in [6, 6.07) is 81.4. The van der Waals surface area contributed by atoms with Gasteiger partial charge in [-0.3, -0.25) is 0 Å². The Labute approximate surface area is 332 Å². The lowest BCUT2D eigenvalue weighted by molar-refractivity contribution is 1.28. The van der Waals surface area contributed by atoms with E-state index in [0.29, 0.717) is 0 Å². The molecule has 0 aliphatic heterocycles. The minimum Gasteiger partial charge on any atom is -0.309 e. The Balaban J connectivity index is 1.31. The van der Waals surface area contributed by atoms with Crippen molar-refractivity contribution in [1.82, 2.24) is 0 Å². The summed E-state index contributed by atoms with van der Waals surface area (Å²) < 4.78 is 2.59. The van der Waals surface area contributed by atoms with Gasteiger partial charge in [-0.15, -0.1) is 11.3 Å². The lowest BCUT2D eigenvalue weighted by atomic mass is 9.89. The van der Waals surface area contributed by atoms with Crippen LogP contribution in [0.4, 0.5) is 17.1 Å². The monoisotopic (exact) mass is 731 g/mol. The van der Waals surface area contributed by atoms with E-state index in [9.17, 15) is 0 Å². The minimum absolute atomic E-state index is 1.09. The number of benzene rings is 9. The maximum atomic E-state index is 2.50. The molecule has 0 radical (unpaired) electrons. The van der Waals surface area contributed by atoms with Crippen LogP contribution in [0.2, 0.25) is 0 Å². The fourth-order valence-electron chi connectivity index (χ4n) is 8.15. The standard InChI is InChI=1S/C54H37NS/c1-5-18-38(19-6-1)39-34-36-43(37-35-39)55(49-31-16-27-44(40-20-7-2-8-21-40)52(49)42-24-11-4-12-25-42)50-32-17-28-45(41-22-9-3-10-23-41)53(50)48-30-15-29-47-46-26-13-14-33-51(46)56-54(47)48/h1-37H. The molecular weight excluding hydrogens is 695 g/mol. The van der Waals surface area contributed by atoms with Crippen molar-refractivity contribution >= 4 is 48.6 Å². The maximum absolute atomic E-state index is 2.50. The van der Waals surface area contributed by atoms with Gasteiger partial charge in [0, 0.05) is 42.6 Å². The van der Waals surface area contributed by atoms with Crippen LogP contribution in [0, 0.1) is 0 Å². The molecule has 0 saturated carbocycles. The first-order chi connectivity index (χ1) is 27.8. The van der Waals surface area contributed by atoms with Gasteiger partial charge in [0.2, 0.25) is 0 Å². The molecule has 0 atom stereocenters. The van der Waals surface area contributed by atoms with Gasteiger partial charge in [-0.2, -0.15) is 0 Å². The van der Waals surface area contributed by atoms with Crippen LogP contribution in [-0.2, 0) is 0 Å². The zero-order valence-electron chi connectivity index (χ0n) is 30.7. The van der Waals surface area contributed by atoms with E-state index in [1.54, 1.807) is 0 Å². The van der Waals surface area contributed by atoms with E-state index in [0.717, 1.165) is 17.1 Å². The average Bonchev–Trinajstić information content (AvgIpc) is 3.67. The molecule has 2 heteroatoms. The summed E-state index contributed by atoms with van der Waals surface area (Å²) in [5.41, 5.74) is 15.2. The smallest absolute Gasteiger partial charge is 0.0547 e. The summed E-state index contributed by atoms with van der Waals surface area (Å²) in [6.45, 7) is 0. The van der Waals surface area contributed by atoms with Gasteiger partial charge < -0.3 is 4.90 Å². The number of hydrogen-bond acceptors (Lipinski definition) is 2. The molecule has 0 unspecified atom stereocenters. The second-order valence-electron chi connectivity index (χ2n) is 14.0. The first kappa shape index (κ1) is 33.6. The van der Waals surface area contributed by atoms with Crippen LogP contribution in [0.3, 0.4) is 0 Å². The highest BCUT2D eigenvalue weighted by molar-refractivity contribution is 7.26. The van der Waals surface area contributed by atoms with Gasteiger partial charge in [0.1, 0.15) is 0 Å². The average molecular weight is 732 g/mol. The molecule has 1 aromatic heterocycles. The normalized spacial score (nSPS) is 11.2. The lowest BCUT2D eigenvalue weighted by Crippen LogP contribution is -2.13. The molecule has 0 saturated heterocycles. The van der Waals surface area contributed by atoms with Crippen molar-refractivity contribution in [2.45, 2.75) is 0 Å². The van der Waals surface area contributed by atoms with Crippen molar-refractivity contribution in [2.24, 2.45) is 0 Å². The first-order valence-corrected chi connectivity index (χ1v) is 19.9. The second kappa shape index (κ2) is 14.7. The van der Waals surface area contributed by atoms with Crippen LogP contribution >= 0.6 is 11.3 Å². The number of anilines is 3. The molecule has 0 bridgehead atoms. The Morgan fingerprint density at radius 3 is 1.36 bits per heavy atom. The van der Waals surface area contributed by atoms with E-state index in [1.807, 2.05) is 11.3 Å². The van der Waals surface area contributed by atoms with Gasteiger partial charge in [0.15, 0.2) is 0 Å². The van der Waals surface area contributed by atoms with Crippen molar-refractivity contribution in [1.29, 1.82) is 0 Å². The van der Waals surface area contributed by atoms with Gasteiger partial charge in [0.25, 0.3) is 0 Å². The van der Waals surface area contributed by atoms with Gasteiger partial charge in [0.05, 0.1) is 11.4 Å². The Morgan fingerprint density at radius 2 is 0.732 bits per heavy atom. The molecule has 56 heavy (non-hydrogen) atoms. The van der Waals surface area contributed by atoms with Crippen LogP contribution in [0.5, 0.6) is 0 Å². The zero-order valence-corrected chi connectivity index (χ0v) is 31.5. The topological polar surface area (TPSA) is 3.24 Å². The SMILES string of the molecule is c1ccc(-c2ccc(N(c3cccc(-c4ccccc4)c3-c3ccccc3)c3cccc(-c4ccccc4)c3-c3cccc4c3sc3ccccc34)cc2)cc1. The van der Waals surface area contributed by atoms with E-state index >= 15 is 0 Å². The predicted molar refractivity (Wildman–Crippen MR) is 241 cm³/mol. The molecule has 1 heterocycles. The first-order valence-electron chi connectivity index (χ1n) is 19.1. The zero-order chi connectivity index (χ0) is 37.3. The third kappa shape index (κ3) is 6.07. The quantitative estimate of drug-likeness (QED) is 0.150. The van der Waals surface area contributed by atoms with E-state index < -0.39 is 0 Å². The molecule has 10 rings (SSSR count). The minimum atomic E-state index is 1.09. The van der Waals surface area contributed by atoms with Crippen molar-refractivity contribution in [3.05, 3.63) is 224 Å². The van der Waals surface area contributed by atoms with Crippen LogP contribution in [0.25, 0.3) is 75.8 Å². The summed E-state index contributed by atoms with van der Waals surface area (Å²) >= 11 is 1.88. The highest BCUT2D eigenvalue weighted by Gasteiger charge is 2.26. The van der Waals surface area contributed by atoms with Crippen LogP contribution in [0.15, 0.2) is 224 Å². The summed E-state index contributed by atoms with van der Waals surface area (Å²) in [5, 5.41) is 2.58. The van der Waals surface area contributed by atoms with Gasteiger partial charge in [-0.25, -0.2) is 0 Å². The summed E-state index contributed by atoms with van der Waals surface area (Å²) in [4.78, 5) is 2.50. The highest BCUT2D eigenvalue weighted by Crippen LogP contribution is 2.52. The van der Waals surface area contributed by atoms with Crippen LogP contribution in [-0.4, -0.2) is 0 Å². The fourth-order valence-corrected chi connectivity index (χ4v) is 9.37. The fraction of sp³-hybridized carbons (Fsp3) is 0. The lowest BCUT2D eigenvalue weighted by Gasteiger charge is -2.32. The Hall–Kier alpha value is -7.00. The summed E-state index contributed by atoms with van der Waals surface area (Å²) in [6.07, 6.45) is 0. The molecule has 1 nitrogen and oxygen atoms in total. The summed E-state index contributed by atoms with van der Waals surface area (Å²) in [7, 11) is 0. The molecule has 0 aliphatic carbocycles. The van der Waals surface area contributed by atoms with E-state index in [2.05, 4.69) is 229 Å². The molecule has 0 aliphatic rings. The Kier molecular flexibility index (Phi) is 8.79. The van der Waals surface area contributed by atoms with E-state index in [4.69, 9.17) is 0 Å². The van der Waals surface area contributed by atoms with E-state index in [1.165, 1.54) is 75.8 Å². The van der Waals surface area contributed by atoms with Gasteiger partial charge >= 0.3 is 0 Å². The molecule has 0 amide bonds. The number of hydrogen-bond donors (Lipinski definition) is 0. The van der Waals surface area contributed by atoms with Crippen LogP contribution in [0.1, 0.15) is 0 Å². The largest absolute Gasteiger partial charge is 0.309 e. The molecule has 0 N–H and O–H groups in total. The molecule has 0 spiro atoms. The Bertz CT molecular complexity index is 2930. The molecule has 9 aromatic carbocycles. The van der Waals surface area contributed by atoms with Gasteiger partial charge in [-0.05, 0) is 69.3 Å². The highest BCUT2D eigenvalue weighted by atomic mass is 32.1. The molecule has 10 aromatic rings. The molecular formula is C54H37NS. The van der Waals surface area contributed by atoms with E-state index in [-0.39, 0.29) is 0 Å². The predicted octanol–water partition coefficient (Wildman–Crippen LogP) is 15.9. The number of fused-ring (bicyclic) bond motifs is 3. The number of thiophene rings is 1. The third-order valence-electron chi connectivity index (χ3n) is 10.7. The number of rotatable bonds is 8. The van der Waals surface area contributed by atoms with Gasteiger partial charge in [-0.1, -0.05) is 194 Å².